The van der Waals surface area contributed by atoms with Crippen molar-refractivity contribution in [3.63, 3.8) is 0 Å². The van der Waals surface area contributed by atoms with Crippen molar-refractivity contribution in [2.75, 3.05) is 50.8 Å². The summed E-state index contributed by atoms with van der Waals surface area (Å²) in [7, 11) is 0. The van der Waals surface area contributed by atoms with Crippen molar-refractivity contribution < 1.29 is 14.3 Å². The smallest absolute Gasteiger partial charge is 0.239 e. The second-order valence-corrected chi connectivity index (χ2v) is 8.22. The highest BCUT2D eigenvalue weighted by molar-refractivity contribution is 6.09. The van der Waals surface area contributed by atoms with Gasteiger partial charge in [-0.2, -0.15) is 0 Å². The molecule has 0 spiro atoms. The molecule has 0 aromatic heterocycles. The van der Waals surface area contributed by atoms with E-state index in [2.05, 4.69) is 28.4 Å². The monoisotopic (exact) mass is 421 g/mol. The minimum Gasteiger partial charge on any atom is -0.379 e. The van der Waals surface area contributed by atoms with Gasteiger partial charge in [0.25, 0.3) is 0 Å². The van der Waals surface area contributed by atoms with Crippen LogP contribution in [0.4, 0.5) is 5.69 Å². The van der Waals surface area contributed by atoms with Crippen LogP contribution in [0.1, 0.15) is 24.0 Å². The van der Waals surface area contributed by atoms with Crippen molar-refractivity contribution in [3.8, 4) is 0 Å². The first-order chi connectivity index (χ1) is 15.2. The van der Waals surface area contributed by atoms with E-state index in [-0.39, 0.29) is 11.8 Å². The molecule has 0 saturated carbocycles. The van der Waals surface area contributed by atoms with Gasteiger partial charge < -0.3 is 15.0 Å². The number of nitrogens with zero attached hydrogens (tertiary/aromatic N) is 2. The first-order valence-electron chi connectivity index (χ1n) is 11.2. The maximum absolute atomic E-state index is 13.1. The normalized spacial score (nSPS) is 19.5. The van der Waals surface area contributed by atoms with E-state index in [9.17, 15) is 9.59 Å². The first kappa shape index (κ1) is 21.5. The van der Waals surface area contributed by atoms with Crippen LogP contribution in [0.25, 0.3) is 0 Å². The van der Waals surface area contributed by atoms with Crippen LogP contribution in [0.3, 0.4) is 0 Å². The number of amides is 2. The van der Waals surface area contributed by atoms with Crippen LogP contribution in [0.2, 0.25) is 0 Å². The molecule has 6 heteroatoms. The molecule has 2 amide bonds. The highest BCUT2D eigenvalue weighted by atomic mass is 16.5. The quantitative estimate of drug-likeness (QED) is 0.526. The summed E-state index contributed by atoms with van der Waals surface area (Å²) in [6, 6.07) is 18.2. The lowest BCUT2D eigenvalue weighted by Crippen LogP contribution is -2.40. The van der Waals surface area contributed by atoms with Gasteiger partial charge in [0.1, 0.15) is 5.92 Å². The lowest BCUT2D eigenvalue weighted by atomic mass is 10.0. The molecular weight excluding hydrogens is 390 g/mol. The average Bonchev–Trinajstić information content (AvgIpc) is 3.19. The van der Waals surface area contributed by atoms with Gasteiger partial charge in [-0.3, -0.25) is 14.5 Å². The Labute approximate surface area is 184 Å². The molecule has 0 unspecified atom stereocenters. The van der Waals surface area contributed by atoms with Gasteiger partial charge in [0, 0.05) is 31.9 Å². The Kier molecular flexibility index (Phi) is 7.33. The zero-order chi connectivity index (χ0) is 21.5. The molecule has 2 heterocycles. The Bertz CT molecular complexity index is 881. The number of carbonyl (C=O) groups excluding carboxylic acids is 2. The van der Waals surface area contributed by atoms with Gasteiger partial charge >= 0.3 is 0 Å². The summed E-state index contributed by atoms with van der Waals surface area (Å²) in [4.78, 5) is 29.9. The molecule has 2 aliphatic heterocycles. The fraction of sp³-hybridized carbons (Fsp3) is 0.440. The van der Waals surface area contributed by atoms with E-state index >= 15 is 0 Å². The molecule has 164 valence electrons. The number of carbonyl (C=O) groups is 2. The fourth-order valence-corrected chi connectivity index (χ4v) is 4.36. The zero-order valence-electron chi connectivity index (χ0n) is 18.0. The number of ether oxygens (including phenoxy) is 1. The fourth-order valence-electron chi connectivity index (χ4n) is 4.36. The Morgan fingerprint density at radius 1 is 1.00 bits per heavy atom. The van der Waals surface area contributed by atoms with Crippen LogP contribution in [0.5, 0.6) is 0 Å². The van der Waals surface area contributed by atoms with Gasteiger partial charge in [0.15, 0.2) is 0 Å². The van der Waals surface area contributed by atoms with Crippen LogP contribution in [-0.4, -0.2) is 62.7 Å². The molecule has 4 rings (SSSR count). The molecule has 1 N–H and O–H groups in total. The molecule has 0 radical (unpaired) electrons. The first-order valence-corrected chi connectivity index (χ1v) is 11.2. The topological polar surface area (TPSA) is 61.9 Å². The predicted molar refractivity (Wildman–Crippen MR) is 121 cm³/mol. The molecule has 2 aromatic carbocycles. The summed E-state index contributed by atoms with van der Waals surface area (Å²) in [6.07, 6.45) is 2.21. The number of benzene rings is 2. The molecular formula is C25H31N3O3. The van der Waals surface area contributed by atoms with E-state index < -0.39 is 5.92 Å². The number of anilines is 1. The lowest BCUT2D eigenvalue weighted by molar-refractivity contribution is -0.132. The summed E-state index contributed by atoms with van der Waals surface area (Å²) in [6.45, 7) is 5.59. The number of nitrogens with one attached hydrogen (secondary N) is 1. The van der Waals surface area contributed by atoms with E-state index in [1.807, 2.05) is 36.4 Å². The number of rotatable bonds is 8. The van der Waals surface area contributed by atoms with E-state index in [1.165, 1.54) is 5.56 Å². The Hall–Kier alpha value is -2.70. The van der Waals surface area contributed by atoms with Gasteiger partial charge in [-0.25, -0.2) is 0 Å². The van der Waals surface area contributed by atoms with Crippen LogP contribution >= 0.6 is 0 Å². The summed E-state index contributed by atoms with van der Waals surface area (Å²) >= 11 is 0. The molecule has 6 nitrogen and oxygen atoms in total. The molecule has 2 aromatic rings. The maximum atomic E-state index is 13.1. The van der Waals surface area contributed by atoms with Crippen molar-refractivity contribution in [2.24, 2.45) is 5.92 Å². The van der Waals surface area contributed by atoms with Crippen molar-refractivity contribution >= 4 is 17.5 Å². The molecule has 0 bridgehead atoms. The van der Waals surface area contributed by atoms with Crippen LogP contribution in [0.15, 0.2) is 54.6 Å². The number of para-hydroxylation sites is 1. The summed E-state index contributed by atoms with van der Waals surface area (Å²) in [5.74, 6) is -0.825. The van der Waals surface area contributed by atoms with Crippen molar-refractivity contribution in [1.29, 1.82) is 0 Å². The molecule has 2 aliphatic rings. The highest BCUT2D eigenvalue weighted by Gasteiger charge is 2.38. The molecule has 0 aliphatic carbocycles. The van der Waals surface area contributed by atoms with Crippen molar-refractivity contribution in [3.05, 3.63) is 65.7 Å². The average molecular weight is 422 g/mol. The van der Waals surface area contributed by atoms with Crippen LogP contribution < -0.4 is 10.2 Å². The second-order valence-electron chi connectivity index (χ2n) is 8.22. The van der Waals surface area contributed by atoms with Crippen LogP contribution in [0, 0.1) is 5.92 Å². The number of morpholine rings is 1. The minimum absolute atomic E-state index is 0.0915. The Morgan fingerprint density at radius 2 is 1.74 bits per heavy atom. The van der Waals surface area contributed by atoms with E-state index in [0.29, 0.717) is 19.5 Å². The second kappa shape index (κ2) is 10.6. The van der Waals surface area contributed by atoms with Crippen LogP contribution in [-0.2, 0) is 20.7 Å². The summed E-state index contributed by atoms with van der Waals surface area (Å²) in [5, 5.41) is 2.98. The number of hydrogen-bond donors (Lipinski definition) is 1. The van der Waals surface area contributed by atoms with E-state index in [4.69, 9.17) is 4.74 Å². The van der Waals surface area contributed by atoms with Crippen molar-refractivity contribution in [1.82, 2.24) is 10.2 Å². The number of hydrogen-bond acceptors (Lipinski definition) is 4. The van der Waals surface area contributed by atoms with Gasteiger partial charge in [-0.1, -0.05) is 48.5 Å². The molecule has 1 atom stereocenters. The summed E-state index contributed by atoms with van der Waals surface area (Å²) < 4.78 is 5.36. The van der Waals surface area contributed by atoms with E-state index in [0.717, 1.165) is 56.9 Å². The third-order valence-electron chi connectivity index (χ3n) is 6.10. The Balaban J connectivity index is 1.32. The predicted octanol–water partition coefficient (Wildman–Crippen LogP) is 2.47. The minimum atomic E-state index is -0.590. The van der Waals surface area contributed by atoms with Crippen molar-refractivity contribution in [2.45, 2.75) is 19.3 Å². The standard InChI is InChI=1S/C25H31N3O3/c29-24(26-12-6-13-27-15-17-31-18-16-27)22-11-14-28(25(22)30)23-10-5-4-9-21(23)19-20-7-2-1-3-8-20/h1-5,7-10,22H,6,11-19H2,(H,26,29)/t22-/m0/s1. The van der Waals surface area contributed by atoms with Gasteiger partial charge in [-0.05, 0) is 43.0 Å². The summed E-state index contributed by atoms with van der Waals surface area (Å²) in [5.41, 5.74) is 3.23. The third-order valence-corrected chi connectivity index (χ3v) is 6.10. The maximum Gasteiger partial charge on any atom is 0.239 e. The van der Waals surface area contributed by atoms with Gasteiger partial charge in [-0.15, -0.1) is 0 Å². The molecule has 2 saturated heterocycles. The van der Waals surface area contributed by atoms with E-state index in [1.54, 1.807) is 4.90 Å². The molecule has 2 fully saturated rings. The highest BCUT2D eigenvalue weighted by Crippen LogP contribution is 2.29. The zero-order valence-corrected chi connectivity index (χ0v) is 18.0. The third kappa shape index (κ3) is 5.51. The van der Waals surface area contributed by atoms with Gasteiger partial charge in [0.05, 0.1) is 13.2 Å². The largest absolute Gasteiger partial charge is 0.379 e. The Morgan fingerprint density at radius 3 is 2.55 bits per heavy atom. The molecule has 31 heavy (non-hydrogen) atoms. The van der Waals surface area contributed by atoms with Gasteiger partial charge in [0.2, 0.25) is 11.8 Å². The lowest BCUT2D eigenvalue weighted by Gasteiger charge is -2.26. The SMILES string of the molecule is O=C(NCCCN1CCOCC1)[C@@H]1CCN(c2ccccc2Cc2ccccc2)C1=O.